The third-order valence-corrected chi connectivity index (χ3v) is 7.73. The third kappa shape index (κ3) is 3.67. The lowest BCUT2D eigenvalue weighted by atomic mass is 9.82. The summed E-state index contributed by atoms with van der Waals surface area (Å²) in [5.74, 6) is -0.208. The predicted molar refractivity (Wildman–Crippen MR) is 137 cm³/mol. The van der Waals surface area contributed by atoms with E-state index in [4.69, 9.17) is 14.1 Å². The van der Waals surface area contributed by atoms with Gasteiger partial charge in [-0.05, 0) is 43.7 Å². The van der Waals surface area contributed by atoms with Gasteiger partial charge in [-0.25, -0.2) is 4.98 Å². The number of imide groups is 1. The highest BCUT2D eigenvalue weighted by atomic mass is 16.5. The Morgan fingerprint density at radius 2 is 1.95 bits per heavy atom. The minimum absolute atomic E-state index is 0.00115. The van der Waals surface area contributed by atoms with Crippen LogP contribution in [0.15, 0.2) is 40.8 Å². The summed E-state index contributed by atoms with van der Waals surface area (Å²) in [7, 11) is 3.46. The molecule has 3 aromatic heterocycles. The Bertz CT molecular complexity index is 1650. The van der Waals surface area contributed by atoms with Crippen molar-refractivity contribution in [3.8, 4) is 5.75 Å². The average molecular weight is 514 g/mol. The van der Waals surface area contributed by atoms with Gasteiger partial charge in [0, 0.05) is 55.1 Å². The topological polar surface area (TPSA) is 120 Å². The fourth-order valence-corrected chi connectivity index (χ4v) is 5.53. The van der Waals surface area contributed by atoms with Crippen molar-refractivity contribution in [2.24, 2.45) is 7.05 Å². The van der Waals surface area contributed by atoms with E-state index in [0.717, 1.165) is 28.2 Å². The molecule has 194 valence electrons. The molecule has 6 rings (SSSR count). The van der Waals surface area contributed by atoms with Crippen molar-refractivity contribution in [1.82, 2.24) is 25.0 Å². The molecule has 0 spiro atoms. The van der Waals surface area contributed by atoms with Crippen LogP contribution in [-0.4, -0.2) is 51.0 Å². The molecule has 1 aromatic carbocycles. The molecule has 1 saturated heterocycles. The molecule has 0 radical (unpaired) electrons. The summed E-state index contributed by atoms with van der Waals surface area (Å²) in [5, 5.41) is 6.90. The number of ether oxygens (including phenoxy) is 1. The number of hydrogen-bond donors (Lipinski definition) is 1. The summed E-state index contributed by atoms with van der Waals surface area (Å²) < 4.78 is 13.3. The molecule has 1 fully saturated rings. The average Bonchev–Trinajstić information content (AvgIpc) is 3.60. The Morgan fingerprint density at radius 3 is 2.63 bits per heavy atom. The van der Waals surface area contributed by atoms with Crippen LogP contribution in [0.2, 0.25) is 0 Å². The van der Waals surface area contributed by atoms with E-state index >= 15 is 0 Å². The van der Waals surface area contributed by atoms with E-state index in [-0.39, 0.29) is 18.9 Å². The maximum Gasteiger partial charge on any atom is 0.254 e. The predicted octanol–water partition coefficient (Wildman–Crippen LogP) is 2.72. The van der Waals surface area contributed by atoms with Gasteiger partial charge >= 0.3 is 0 Å². The van der Waals surface area contributed by atoms with Crippen molar-refractivity contribution in [2.75, 3.05) is 13.7 Å². The maximum atomic E-state index is 13.3. The van der Waals surface area contributed by atoms with Crippen LogP contribution in [0.25, 0.3) is 11.1 Å². The zero-order chi connectivity index (χ0) is 26.8. The highest BCUT2D eigenvalue weighted by Gasteiger charge is 2.53. The van der Waals surface area contributed by atoms with Crippen molar-refractivity contribution in [1.29, 1.82) is 0 Å². The molecule has 1 atom stereocenters. The molecule has 10 heteroatoms. The van der Waals surface area contributed by atoms with Crippen LogP contribution in [-0.2, 0) is 35.0 Å². The molecule has 3 amide bonds. The Labute approximate surface area is 218 Å². The molecular weight excluding hydrogens is 486 g/mol. The summed E-state index contributed by atoms with van der Waals surface area (Å²) in [6, 6.07) is 10.8. The van der Waals surface area contributed by atoms with Gasteiger partial charge in [-0.2, -0.15) is 5.10 Å². The van der Waals surface area contributed by atoms with Gasteiger partial charge in [-0.3, -0.25) is 24.4 Å². The second-order valence-electron chi connectivity index (χ2n) is 10.1. The Hall–Kier alpha value is -4.47. The standard InChI is InChI=1S/C28H27N5O5/c1-15-20(16(2)32(3)31-15)9-18-6-8-23-22(29-18)11-24(38-23)28(12-25(34)30-27(28)36)14-33-13-17-5-7-19(37-4)10-21(17)26(33)35/h5-8,10-11H,9,12-14H2,1-4H3,(H,30,34,36)/t28-/m1/s1. The normalized spacial score (nSPS) is 18.9. The quantitative estimate of drug-likeness (QED) is 0.394. The Balaban J connectivity index is 1.34. The number of aromatic nitrogens is 3. The number of rotatable bonds is 6. The summed E-state index contributed by atoms with van der Waals surface area (Å²) in [6.07, 6.45) is 0.492. The lowest BCUT2D eigenvalue weighted by Crippen LogP contribution is -2.46. The van der Waals surface area contributed by atoms with E-state index in [2.05, 4.69) is 10.4 Å². The molecule has 0 aliphatic carbocycles. The lowest BCUT2D eigenvalue weighted by molar-refractivity contribution is -0.127. The van der Waals surface area contributed by atoms with Crippen LogP contribution >= 0.6 is 0 Å². The first kappa shape index (κ1) is 23.9. The van der Waals surface area contributed by atoms with E-state index in [1.54, 1.807) is 30.2 Å². The van der Waals surface area contributed by atoms with Crippen LogP contribution < -0.4 is 10.1 Å². The van der Waals surface area contributed by atoms with Crippen LogP contribution in [0, 0.1) is 13.8 Å². The van der Waals surface area contributed by atoms with Crippen molar-refractivity contribution < 1.29 is 23.5 Å². The number of carbonyl (C=O) groups excluding carboxylic acids is 3. The molecule has 10 nitrogen and oxygen atoms in total. The number of furan rings is 1. The molecule has 2 aliphatic heterocycles. The molecule has 0 unspecified atom stereocenters. The first-order chi connectivity index (χ1) is 18.2. The SMILES string of the molecule is COc1ccc2c(c1)C(=O)N(C[C@@]1(c3cc4nc(Cc5c(C)nn(C)c5C)ccc4o3)CC(=O)NC1=O)C2. The summed E-state index contributed by atoms with van der Waals surface area (Å²) in [4.78, 5) is 45.3. The fourth-order valence-electron chi connectivity index (χ4n) is 5.53. The van der Waals surface area contributed by atoms with E-state index in [0.29, 0.717) is 41.1 Å². The number of fused-ring (bicyclic) bond motifs is 2. The van der Waals surface area contributed by atoms with Gasteiger partial charge in [0.2, 0.25) is 11.8 Å². The molecule has 2 aliphatic rings. The van der Waals surface area contributed by atoms with Gasteiger partial charge in [-0.1, -0.05) is 6.07 Å². The highest BCUT2D eigenvalue weighted by Crippen LogP contribution is 2.39. The molecule has 0 bridgehead atoms. The van der Waals surface area contributed by atoms with Gasteiger partial charge in [0.25, 0.3) is 5.91 Å². The Morgan fingerprint density at radius 1 is 1.13 bits per heavy atom. The van der Waals surface area contributed by atoms with Crippen LogP contribution in [0.4, 0.5) is 0 Å². The number of nitrogens with one attached hydrogen (secondary N) is 1. The van der Waals surface area contributed by atoms with Gasteiger partial charge in [0.1, 0.15) is 22.4 Å². The zero-order valence-corrected chi connectivity index (χ0v) is 21.6. The first-order valence-corrected chi connectivity index (χ1v) is 12.4. The summed E-state index contributed by atoms with van der Waals surface area (Å²) in [5.41, 5.74) is 5.10. The molecule has 5 heterocycles. The minimum atomic E-state index is -1.35. The molecule has 4 aromatic rings. The Kier molecular flexibility index (Phi) is 5.37. The maximum absolute atomic E-state index is 13.3. The summed E-state index contributed by atoms with van der Waals surface area (Å²) in [6.45, 7) is 4.33. The number of amides is 3. The van der Waals surface area contributed by atoms with E-state index < -0.39 is 17.2 Å². The van der Waals surface area contributed by atoms with Crippen molar-refractivity contribution in [2.45, 2.75) is 38.6 Å². The first-order valence-electron chi connectivity index (χ1n) is 12.4. The molecular formula is C28H27N5O5. The third-order valence-electron chi connectivity index (χ3n) is 7.73. The van der Waals surface area contributed by atoms with Gasteiger partial charge in [-0.15, -0.1) is 0 Å². The lowest BCUT2D eigenvalue weighted by Gasteiger charge is -2.28. The van der Waals surface area contributed by atoms with E-state index in [9.17, 15) is 14.4 Å². The highest BCUT2D eigenvalue weighted by molar-refractivity contribution is 6.10. The largest absolute Gasteiger partial charge is 0.497 e. The van der Waals surface area contributed by atoms with E-state index in [1.807, 2.05) is 43.8 Å². The van der Waals surface area contributed by atoms with Crippen LogP contribution in [0.3, 0.4) is 0 Å². The number of hydrogen-bond acceptors (Lipinski definition) is 7. The van der Waals surface area contributed by atoms with Gasteiger partial charge < -0.3 is 14.1 Å². The fraction of sp³-hybridized carbons (Fsp3) is 0.321. The number of carbonyl (C=O) groups is 3. The molecule has 38 heavy (non-hydrogen) atoms. The minimum Gasteiger partial charge on any atom is -0.497 e. The monoisotopic (exact) mass is 513 g/mol. The number of methoxy groups -OCH3 is 1. The van der Waals surface area contributed by atoms with Gasteiger partial charge in [0.15, 0.2) is 5.58 Å². The zero-order valence-electron chi connectivity index (χ0n) is 21.6. The van der Waals surface area contributed by atoms with Crippen LogP contribution in [0.1, 0.15) is 50.7 Å². The van der Waals surface area contributed by atoms with Crippen molar-refractivity contribution in [3.05, 3.63) is 75.9 Å². The number of aryl methyl sites for hydroxylation is 2. The van der Waals surface area contributed by atoms with Crippen molar-refractivity contribution >= 4 is 28.8 Å². The number of benzene rings is 1. The van der Waals surface area contributed by atoms with Crippen LogP contribution in [0.5, 0.6) is 5.75 Å². The van der Waals surface area contributed by atoms with Crippen molar-refractivity contribution in [3.63, 3.8) is 0 Å². The number of pyridine rings is 1. The smallest absolute Gasteiger partial charge is 0.254 e. The van der Waals surface area contributed by atoms with Gasteiger partial charge in [0.05, 0.1) is 19.2 Å². The molecule has 0 saturated carbocycles. The summed E-state index contributed by atoms with van der Waals surface area (Å²) >= 11 is 0. The second kappa shape index (κ2) is 8.54. The number of nitrogens with zero attached hydrogens (tertiary/aromatic N) is 4. The second-order valence-corrected chi connectivity index (χ2v) is 10.1. The van der Waals surface area contributed by atoms with E-state index in [1.165, 1.54) is 0 Å². The molecule has 1 N–H and O–H groups in total.